The summed E-state index contributed by atoms with van der Waals surface area (Å²) in [6, 6.07) is 49.1. The SMILES string of the molecule is C.C.C.C.C.C.C.C.C.C#CCBr.C#CCOc1cccc(C(=O)OC)c1.CC(=O)O.COC(=O)c1cccc(O)c1.COC(=O)c1cccc2c1C=CCO2.O=C(O)c1cccc2c1C=CCO2.O=C(O)c1cccc2c1CCCO2.O=C(O)c1cccc2c1OCCC2.O=C1CCOc2ccccc21.O=C=O.[CH2-]CCC.[HH].[Li+].[Na+].[OH-].[Zn].c1ccc2c(c1)CCCO2. The first-order valence-corrected chi connectivity index (χ1v) is 36.3. The molecule has 0 spiro atoms. The van der Waals surface area contributed by atoms with Crippen LogP contribution in [0.15, 0.2) is 182 Å². The molecule has 6 N–H and O–H groups in total. The number of ether oxygens (including phenoxy) is 10. The molecule has 127 heavy (non-hydrogen) atoms. The van der Waals surface area contributed by atoms with Gasteiger partial charge in [-0.2, -0.15) is 16.0 Å². The number of phenols is 1. The number of fused-ring (bicyclic) bond motifs is 6. The van der Waals surface area contributed by atoms with Crippen molar-refractivity contribution in [1.82, 2.24) is 0 Å². The smallest absolute Gasteiger partial charge is 0.870 e. The number of carbonyl (C=O) groups excluding carboxylic acids is 6. The quantitative estimate of drug-likeness (QED) is 0.0224. The van der Waals surface area contributed by atoms with E-state index >= 15 is 0 Å². The number of carboxylic acids is 4. The molecular formula is C97H129BrLiNaO26Zn. The Morgan fingerprint density at radius 1 is 0.496 bits per heavy atom. The number of halogens is 1. The Morgan fingerprint density at radius 2 is 0.890 bits per heavy atom. The van der Waals surface area contributed by atoms with Crippen LogP contribution >= 0.6 is 15.9 Å². The zero-order valence-electron chi connectivity index (χ0n) is 66.8. The van der Waals surface area contributed by atoms with E-state index in [1.165, 1.54) is 51.9 Å². The molecule has 0 aromatic heterocycles. The van der Waals surface area contributed by atoms with Crippen molar-refractivity contribution in [2.24, 2.45) is 0 Å². The third kappa shape index (κ3) is 51.8. The number of aromatic hydroxyl groups is 1. The van der Waals surface area contributed by atoms with E-state index < -0.39 is 35.8 Å². The number of Topliss-reactive ketones (excluding diaryl/α,β-unsaturated/α-hetero) is 1. The molecular weight excluding hydrogens is 1760 g/mol. The fourth-order valence-corrected chi connectivity index (χ4v) is 10.1. The van der Waals surface area contributed by atoms with Crippen LogP contribution in [0.25, 0.3) is 12.2 Å². The van der Waals surface area contributed by atoms with Gasteiger partial charge in [-0.25, -0.2) is 28.8 Å². The summed E-state index contributed by atoms with van der Waals surface area (Å²) < 4.78 is 50.8. The van der Waals surface area contributed by atoms with Crippen LogP contribution in [-0.4, -0.2) is 158 Å². The molecule has 0 aliphatic carbocycles. The van der Waals surface area contributed by atoms with E-state index in [1.54, 1.807) is 109 Å². The molecule has 8 aromatic rings. The van der Waals surface area contributed by atoms with Crippen molar-refractivity contribution in [2.75, 3.05) is 72.9 Å². The molecule has 0 radical (unpaired) electrons. The van der Waals surface area contributed by atoms with E-state index in [-0.39, 0.29) is 183 Å². The Balaban J connectivity index is -0.000000116. The number of aryl methyl sites for hydroxylation is 2. The fourth-order valence-electron chi connectivity index (χ4n) is 10.1. The van der Waals surface area contributed by atoms with Gasteiger partial charge >= 0.3 is 90.4 Å². The Bertz CT molecular complexity index is 4550. The van der Waals surface area contributed by atoms with Crippen molar-refractivity contribution < 1.29 is 196 Å². The number of carbonyl (C=O) groups is 8. The van der Waals surface area contributed by atoms with E-state index in [1.807, 2.05) is 60.7 Å². The number of hydrogen-bond donors (Lipinski definition) is 5. The molecule has 0 unspecified atom stereocenters. The van der Waals surface area contributed by atoms with Gasteiger partial charge in [0.05, 0.1) is 86.5 Å². The Morgan fingerprint density at radius 3 is 1.37 bits per heavy atom. The van der Waals surface area contributed by atoms with Gasteiger partial charge in [-0.05, 0) is 159 Å². The van der Waals surface area contributed by atoms with Gasteiger partial charge in [0, 0.05) is 50.9 Å². The Hall–Kier alpha value is -11.2. The van der Waals surface area contributed by atoms with Crippen LogP contribution in [0.1, 0.15) is 221 Å². The van der Waals surface area contributed by atoms with Crippen molar-refractivity contribution in [2.45, 2.75) is 138 Å². The van der Waals surface area contributed by atoms with Crippen LogP contribution < -0.4 is 81.6 Å². The van der Waals surface area contributed by atoms with E-state index in [2.05, 4.69) is 68.0 Å². The van der Waals surface area contributed by atoms with Crippen LogP contribution in [0.2, 0.25) is 0 Å². The molecule has 0 saturated carbocycles. The average molecular weight is 1890 g/mol. The van der Waals surface area contributed by atoms with E-state index in [9.17, 15) is 33.6 Å². The van der Waals surface area contributed by atoms with Gasteiger partial charge in [-0.15, -0.1) is 12.8 Å². The van der Waals surface area contributed by atoms with Crippen molar-refractivity contribution >= 4 is 81.8 Å². The molecule has 26 nitrogen and oxygen atoms in total. The number of benzene rings is 8. The summed E-state index contributed by atoms with van der Waals surface area (Å²) in [7, 11) is 4.00. The van der Waals surface area contributed by atoms with Crippen molar-refractivity contribution in [3.63, 3.8) is 0 Å². The molecule has 684 valence electrons. The number of aromatic carboxylic acids is 3. The minimum atomic E-state index is -0.924. The first-order valence-electron chi connectivity index (χ1n) is 35.2. The molecule has 14 rings (SSSR count). The summed E-state index contributed by atoms with van der Waals surface area (Å²) in [6.07, 6.45) is 26.1. The van der Waals surface area contributed by atoms with Gasteiger partial charge in [-0.3, -0.25) is 9.59 Å². The first-order chi connectivity index (χ1) is 55.0. The van der Waals surface area contributed by atoms with Crippen LogP contribution in [-0.2, 0) is 67.3 Å². The molecule has 6 aliphatic heterocycles. The summed E-state index contributed by atoms with van der Waals surface area (Å²) in [5.41, 5.74) is 7.64. The number of terminal acetylenes is 2. The molecule has 6 heterocycles. The number of hydrogen-bond acceptors (Lipinski definition) is 22. The third-order valence-electron chi connectivity index (χ3n) is 15.2. The average Bonchev–Trinajstić information content (AvgIpc) is 0.863. The monoisotopic (exact) mass is 1880 g/mol. The second-order valence-corrected chi connectivity index (χ2v) is 23.7. The molecule has 0 atom stereocenters. The van der Waals surface area contributed by atoms with Crippen LogP contribution in [0.3, 0.4) is 0 Å². The number of para-hydroxylation sites is 3. The van der Waals surface area contributed by atoms with E-state index in [4.69, 9.17) is 85.9 Å². The molecule has 0 saturated heterocycles. The predicted octanol–water partition coefficient (Wildman–Crippen LogP) is 15.4. The molecule has 30 heteroatoms. The van der Waals surface area contributed by atoms with Crippen molar-refractivity contribution in [1.29, 1.82) is 0 Å². The van der Waals surface area contributed by atoms with Gasteiger partial charge in [0.15, 0.2) is 5.78 Å². The predicted molar refractivity (Wildman–Crippen MR) is 493 cm³/mol. The van der Waals surface area contributed by atoms with E-state index in [0.29, 0.717) is 89.9 Å². The maximum atomic E-state index is 11.4. The molecule has 8 aromatic carbocycles. The number of carboxylic acid groups (broad SMARTS) is 4. The zero-order valence-corrected chi connectivity index (χ0v) is 73.3. The Labute approximate surface area is 809 Å². The van der Waals surface area contributed by atoms with Gasteiger partial charge < -0.3 is 85.3 Å². The van der Waals surface area contributed by atoms with Crippen LogP contribution in [0.4, 0.5) is 0 Å². The minimum Gasteiger partial charge on any atom is -0.870 e. The maximum Gasteiger partial charge on any atom is 1.00 e. The number of ketones is 1. The molecule has 0 bridgehead atoms. The molecule has 0 fully saturated rings. The standard InChI is InChI=1S/2C11H10O3.C10H10O3.C10H8O3.C10H10O3.C9H8O2.C9H10O.C8H8O3.C4H9.C3H3Br.C2H4O2.CO2.9CH4.Li.Na.H2O.Zn.H2/c1-13-11(12)9-4-2-6-10-8(9)5-3-7-14-10;1-3-7-14-10-6-4-5-9(8-10)11(12)13-2;2*11-10(12)8-3-1-5-9-7(8)4-2-6-13-9;11-10(12)8-5-1-3-7-4-2-6-13-9(7)8;10-8-5-6-11-9-4-2-1-3-7(8)9;1-2-6-9-8(4-1)5-3-7-10-9;1-11-8(10)6-3-2-4-7(9)5-6;1-3-4-2;1-2-3-4;1-2(3)4;2-1-3;;;;;;;;;;;;;;/h2-6H,7H2,1H3;1,4-6,8H,7H2,2H3;1,3,5H,2,4,6H2,(H,11,12);1-5H,6H2,(H,11,12);1,3,5H,2,4,6H2,(H,11,12);1-4H,5-6H2;1-2,4,6H,3,5,7H2;2-5,9H,1H3;1,3-4H2,2H3;1H,3H2;1H3,(H,3,4);;9*1H4;;;1H2;;1H/q;;;;;;;;-1;;;;;;;;;;;;;2*+1;;;/p-1. The fraction of sp³-hybridized carbons (Fsp3) is 0.320. The molecule has 6 aliphatic rings. The van der Waals surface area contributed by atoms with Crippen LogP contribution in [0, 0.1) is 31.6 Å². The van der Waals surface area contributed by atoms with Gasteiger partial charge in [0.25, 0.3) is 5.97 Å². The van der Waals surface area contributed by atoms with Gasteiger partial charge in [0.1, 0.15) is 71.4 Å². The second kappa shape index (κ2) is 81.8. The summed E-state index contributed by atoms with van der Waals surface area (Å²) in [4.78, 5) is 102. The summed E-state index contributed by atoms with van der Waals surface area (Å²) in [6.45, 7) is 10.8. The first kappa shape index (κ1) is 139. The number of alkyl halides is 1. The van der Waals surface area contributed by atoms with E-state index in [0.717, 1.165) is 97.3 Å². The number of esters is 3. The topological polar surface area (TPSA) is 394 Å². The maximum absolute atomic E-state index is 11.4. The third-order valence-corrected chi connectivity index (χ3v) is 15.6. The summed E-state index contributed by atoms with van der Waals surface area (Å²) in [5.74, 6) is 5.24. The number of phenolic OH excluding ortho intramolecular Hbond substituents is 1. The zero-order chi connectivity index (χ0) is 84.0. The molecule has 0 amide bonds. The van der Waals surface area contributed by atoms with Crippen molar-refractivity contribution in [3.8, 4) is 70.7 Å². The van der Waals surface area contributed by atoms with Crippen LogP contribution in [0.5, 0.6) is 46.0 Å². The number of methoxy groups -OCH3 is 3. The normalized spacial score (nSPS) is 10.7. The van der Waals surface area contributed by atoms with Gasteiger partial charge in [-0.1, -0.05) is 193 Å². The Kier molecular flexibility index (Phi) is 89.5. The summed E-state index contributed by atoms with van der Waals surface area (Å²) >= 11 is 3.01. The van der Waals surface area contributed by atoms with Gasteiger partial charge in [0.2, 0.25) is 0 Å². The number of aliphatic carboxylic acids is 1. The number of rotatable bonds is 9. The largest absolute Gasteiger partial charge is 1.00 e. The minimum absolute atomic E-state index is 0. The summed E-state index contributed by atoms with van der Waals surface area (Å²) in [5, 5.41) is 43.6. The second-order valence-electron chi connectivity index (χ2n) is 23.2. The van der Waals surface area contributed by atoms with Crippen molar-refractivity contribution in [3.05, 3.63) is 256 Å². The number of unbranched alkanes of at least 4 members (excludes halogenated alkanes) is 1.